The number of hydrogen-bond acceptors (Lipinski definition) is 3. The second kappa shape index (κ2) is 5.03. The maximum Gasteiger partial charge on any atom is 0.0809 e. The summed E-state index contributed by atoms with van der Waals surface area (Å²) < 4.78 is 11.6. The molecule has 1 aliphatic heterocycles. The van der Waals surface area contributed by atoms with E-state index < -0.39 is 0 Å². The van der Waals surface area contributed by atoms with Gasteiger partial charge in [0.1, 0.15) is 0 Å². The Morgan fingerprint density at radius 2 is 2.12 bits per heavy atom. The lowest BCUT2D eigenvalue weighted by Gasteiger charge is -2.54. The monoisotopic (exact) mass is 227 g/mol. The first kappa shape index (κ1) is 12.3. The highest BCUT2D eigenvalue weighted by Gasteiger charge is 2.51. The highest BCUT2D eigenvalue weighted by Crippen LogP contribution is 2.47. The Morgan fingerprint density at radius 3 is 2.62 bits per heavy atom. The summed E-state index contributed by atoms with van der Waals surface area (Å²) in [4.78, 5) is 0. The van der Waals surface area contributed by atoms with Gasteiger partial charge < -0.3 is 15.2 Å². The van der Waals surface area contributed by atoms with Gasteiger partial charge in [0, 0.05) is 18.1 Å². The van der Waals surface area contributed by atoms with Gasteiger partial charge in [-0.05, 0) is 32.1 Å². The van der Waals surface area contributed by atoms with Crippen LogP contribution in [0.15, 0.2) is 0 Å². The van der Waals surface area contributed by atoms with Crippen LogP contribution in [0, 0.1) is 5.41 Å². The van der Waals surface area contributed by atoms with Crippen molar-refractivity contribution in [2.75, 3.05) is 13.2 Å². The summed E-state index contributed by atoms with van der Waals surface area (Å²) in [6, 6.07) is 0.331. The van der Waals surface area contributed by atoms with Gasteiger partial charge in [0.2, 0.25) is 0 Å². The SMILES string of the molecule is CCC1(CC)C(N)CC1OCC1CCCO1. The molecule has 3 heteroatoms. The van der Waals surface area contributed by atoms with Crippen LogP contribution in [-0.4, -0.2) is 31.5 Å². The minimum Gasteiger partial charge on any atom is -0.376 e. The first-order chi connectivity index (χ1) is 7.73. The van der Waals surface area contributed by atoms with E-state index in [-0.39, 0.29) is 5.41 Å². The van der Waals surface area contributed by atoms with Gasteiger partial charge in [-0.3, -0.25) is 0 Å². The van der Waals surface area contributed by atoms with Crippen LogP contribution in [-0.2, 0) is 9.47 Å². The molecule has 1 saturated heterocycles. The molecule has 0 aromatic heterocycles. The molecule has 0 bridgehead atoms. The van der Waals surface area contributed by atoms with Crippen molar-refractivity contribution in [1.82, 2.24) is 0 Å². The Morgan fingerprint density at radius 1 is 1.38 bits per heavy atom. The fourth-order valence-corrected chi connectivity index (χ4v) is 3.24. The van der Waals surface area contributed by atoms with Crippen LogP contribution >= 0.6 is 0 Å². The van der Waals surface area contributed by atoms with Crippen LogP contribution in [0.5, 0.6) is 0 Å². The summed E-state index contributed by atoms with van der Waals surface area (Å²) >= 11 is 0. The third-order valence-electron chi connectivity index (χ3n) is 4.67. The minimum absolute atomic E-state index is 0.235. The molecule has 2 aliphatic rings. The average molecular weight is 227 g/mol. The second-order valence-corrected chi connectivity index (χ2v) is 5.24. The summed E-state index contributed by atoms with van der Waals surface area (Å²) in [6.45, 7) is 6.12. The fourth-order valence-electron chi connectivity index (χ4n) is 3.24. The van der Waals surface area contributed by atoms with Crippen molar-refractivity contribution >= 4 is 0 Å². The topological polar surface area (TPSA) is 44.5 Å². The Labute approximate surface area is 98.7 Å². The van der Waals surface area contributed by atoms with E-state index in [0.29, 0.717) is 18.2 Å². The molecule has 2 N–H and O–H groups in total. The van der Waals surface area contributed by atoms with Crippen molar-refractivity contribution < 1.29 is 9.47 Å². The van der Waals surface area contributed by atoms with E-state index in [1.807, 2.05) is 0 Å². The summed E-state index contributed by atoms with van der Waals surface area (Å²) in [6.07, 6.45) is 6.32. The largest absolute Gasteiger partial charge is 0.376 e. The molecule has 0 radical (unpaired) electrons. The maximum absolute atomic E-state index is 6.14. The normalized spacial score (nSPS) is 37.3. The lowest BCUT2D eigenvalue weighted by molar-refractivity contribution is -0.147. The van der Waals surface area contributed by atoms with Crippen LogP contribution in [0.2, 0.25) is 0 Å². The zero-order valence-electron chi connectivity index (χ0n) is 10.6. The summed E-state index contributed by atoms with van der Waals surface area (Å²) in [5, 5.41) is 0. The predicted molar refractivity (Wildman–Crippen MR) is 64.3 cm³/mol. The minimum atomic E-state index is 0.235. The number of nitrogens with two attached hydrogens (primary N) is 1. The van der Waals surface area contributed by atoms with Crippen molar-refractivity contribution in [1.29, 1.82) is 0 Å². The highest BCUT2D eigenvalue weighted by atomic mass is 16.5. The molecular formula is C13H25NO2. The van der Waals surface area contributed by atoms with Crippen LogP contribution < -0.4 is 5.73 Å². The Balaban J connectivity index is 1.81. The van der Waals surface area contributed by atoms with E-state index in [1.165, 1.54) is 6.42 Å². The molecule has 16 heavy (non-hydrogen) atoms. The van der Waals surface area contributed by atoms with Crippen molar-refractivity contribution in [3.63, 3.8) is 0 Å². The molecule has 1 heterocycles. The third kappa shape index (κ3) is 2.01. The molecule has 3 unspecified atom stereocenters. The second-order valence-electron chi connectivity index (χ2n) is 5.24. The lowest BCUT2D eigenvalue weighted by Crippen LogP contribution is -2.62. The van der Waals surface area contributed by atoms with E-state index in [0.717, 1.165) is 38.9 Å². The number of ether oxygens (including phenoxy) is 2. The summed E-state index contributed by atoms with van der Waals surface area (Å²) in [7, 11) is 0. The van der Waals surface area contributed by atoms with E-state index in [1.54, 1.807) is 0 Å². The maximum atomic E-state index is 6.14. The van der Waals surface area contributed by atoms with E-state index >= 15 is 0 Å². The van der Waals surface area contributed by atoms with Crippen LogP contribution in [0.3, 0.4) is 0 Å². The van der Waals surface area contributed by atoms with E-state index in [2.05, 4.69) is 13.8 Å². The van der Waals surface area contributed by atoms with Gasteiger partial charge in [0.15, 0.2) is 0 Å². The lowest BCUT2D eigenvalue weighted by atomic mass is 9.59. The molecule has 2 rings (SSSR count). The smallest absolute Gasteiger partial charge is 0.0809 e. The number of hydrogen-bond donors (Lipinski definition) is 1. The van der Waals surface area contributed by atoms with Gasteiger partial charge in [0.05, 0.1) is 18.8 Å². The first-order valence-electron chi connectivity index (χ1n) is 6.71. The molecule has 1 saturated carbocycles. The van der Waals surface area contributed by atoms with Crippen molar-refractivity contribution in [2.45, 2.75) is 64.2 Å². The highest BCUT2D eigenvalue weighted by molar-refractivity contribution is 5.05. The van der Waals surface area contributed by atoms with E-state index in [9.17, 15) is 0 Å². The molecular weight excluding hydrogens is 202 g/mol. The zero-order chi connectivity index (χ0) is 11.6. The van der Waals surface area contributed by atoms with Crippen molar-refractivity contribution in [3.05, 3.63) is 0 Å². The van der Waals surface area contributed by atoms with Crippen LogP contribution in [0.1, 0.15) is 46.0 Å². The molecule has 3 atom stereocenters. The zero-order valence-corrected chi connectivity index (χ0v) is 10.6. The molecule has 0 aromatic rings. The van der Waals surface area contributed by atoms with Gasteiger partial charge >= 0.3 is 0 Å². The molecule has 94 valence electrons. The Hall–Kier alpha value is -0.120. The van der Waals surface area contributed by atoms with Crippen molar-refractivity contribution in [2.24, 2.45) is 11.1 Å². The van der Waals surface area contributed by atoms with E-state index in [4.69, 9.17) is 15.2 Å². The van der Waals surface area contributed by atoms with Crippen LogP contribution in [0.4, 0.5) is 0 Å². The number of rotatable bonds is 5. The van der Waals surface area contributed by atoms with Crippen molar-refractivity contribution in [3.8, 4) is 0 Å². The Bertz CT molecular complexity index is 222. The first-order valence-corrected chi connectivity index (χ1v) is 6.71. The van der Waals surface area contributed by atoms with Gasteiger partial charge in [-0.25, -0.2) is 0 Å². The molecule has 3 nitrogen and oxygen atoms in total. The standard InChI is InChI=1S/C13H25NO2/c1-3-13(4-2)11(14)8-12(13)16-9-10-6-5-7-15-10/h10-12H,3-9,14H2,1-2H3. The molecule has 0 aromatic carbocycles. The van der Waals surface area contributed by atoms with Gasteiger partial charge in [-0.15, -0.1) is 0 Å². The van der Waals surface area contributed by atoms with Gasteiger partial charge in [0.25, 0.3) is 0 Å². The summed E-state index contributed by atoms with van der Waals surface area (Å²) in [5.41, 5.74) is 6.38. The molecule has 1 aliphatic carbocycles. The third-order valence-corrected chi connectivity index (χ3v) is 4.67. The Kier molecular flexibility index (Phi) is 3.88. The molecule has 0 spiro atoms. The van der Waals surface area contributed by atoms with Gasteiger partial charge in [-0.2, -0.15) is 0 Å². The molecule has 2 fully saturated rings. The molecule has 0 amide bonds. The summed E-state index contributed by atoms with van der Waals surface area (Å²) in [5.74, 6) is 0. The quantitative estimate of drug-likeness (QED) is 0.782. The van der Waals surface area contributed by atoms with Gasteiger partial charge in [-0.1, -0.05) is 13.8 Å². The predicted octanol–water partition coefficient (Wildman–Crippen LogP) is 2.09. The van der Waals surface area contributed by atoms with Crippen LogP contribution in [0.25, 0.3) is 0 Å². The average Bonchev–Trinajstić information content (AvgIpc) is 2.78. The fraction of sp³-hybridized carbons (Fsp3) is 1.00.